The van der Waals surface area contributed by atoms with E-state index in [0.717, 1.165) is 21.2 Å². The van der Waals surface area contributed by atoms with Crippen molar-refractivity contribution < 1.29 is 14.3 Å². The highest BCUT2D eigenvalue weighted by molar-refractivity contribution is 7.09. The molecule has 3 aromatic rings. The number of hydrogen-bond donors (Lipinski definition) is 2. The first-order chi connectivity index (χ1) is 13.1. The smallest absolute Gasteiger partial charge is 0.328 e. The summed E-state index contributed by atoms with van der Waals surface area (Å²) < 4.78 is 11.6. The Morgan fingerprint density at radius 1 is 1.22 bits per heavy atom. The molecule has 1 amide bonds. The number of nitrogens with zero attached hydrogens (tertiary/aromatic N) is 1. The van der Waals surface area contributed by atoms with Crippen molar-refractivity contribution in [1.82, 2.24) is 14.9 Å². The van der Waals surface area contributed by atoms with Crippen molar-refractivity contribution in [2.75, 3.05) is 6.79 Å². The number of ether oxygens (including phenoxy) is 2. The number of carbonyl (C=O) groups excluding carboxylic acids is 1. The van der Waals surface area contributed by atoms with Crippen LogP contribution in [0.4, 0.5) is 0 Å². The van der Waals surface area contributed by atoms with Crippen LogP contribution in [0.25, 0.3) is 0 Å². The molecule has 0 unspecified atom stereocenters. The minimum absolute atomic E-state index is 0.119. The number of nitrogens with one attached hydrogen (secondary N) is 2. The molecule has 0 radical (unpaired) electrons. The Labute approximate surface area is 157 Å². The van der Waals surface area contributed by atoms with Crippen LogP contribution >= 0.6 is 11.3 Å². The van der Waals surface area contributed by atoms with Gasteiger partial charge in [-0.3, -0.25) is 14.2 Å². The molecule has 9 heteroatoms. The van der Waals surface area contributed by atoms with Crippen LogP contribution in [0, 0.1) is 0 Å². The molecule has 4 rings (SSSR count). The van der Waals surface area contributed by atoms with Crippen LogP contribution < -0.4 is 26.0 Å². The highest BCUT2D eigenvalue weighted by atomic mass is 32.1. The van der Waals surface area contributed by atoms with Gasteiger partial charge in [0.25, 0.3) is 11.5 Å². The average Bonchev–Trinajstić information content (AvgIpc) is 3.34. The van der Waals surface area contributed by atoms with Crippen molar-refractivity contribution >= 4 is 17.2 Å². The summed E-state index contributed by atoms with van der Waals surface area (Å²) >= 11 is 1.43. The number of carbonyl (C=O) groups is 1. The third-order valence-electron chi connectivity index (χ3n) is 4.09. The summed E-state index contributed by atoms with van der Waals surface area (Å²) in [6, 6.07) is 8.99. The summed E-state index contributed by atoms with van der Waals surface area (Å²) in [7, 11) is 0. The minimum atomic E-state index is -0.629. The van der Waals surface area contributed by atoms with Gasteiger partial charge in [-0.15, -0.1) is 11.3 Å². The lowest BCUT2D eigenvalue weighted by molar-refractivity contribution is 0.0948. The quantitative estimate of drug-likeness (QED) is 0.689. The van der Waals surface area contributed by atoms with E-state index in [9.17, 15) is 14.4 Å². The highest BCUT2D eigenvalue weighted by Crippen LogP contribution is 2.32. The van der Waals surface area contributed by atoms with Crippen molar-refractivity contribution in [3.8, 4) is 11.5 Å². The number of hydrogen-bond acceptors (Lipinski definition) is 6. The van der Waals surface area contributed by atoms with Crippen LogP contribution in [0.15, 0.2) is 51.5 Å². The predicted molar refractivity (Wildman–Crippen MR) is 98.5 cm³/mol. The number of fused-ring (bicyclic) bond motifs is 1. The Morgan fingerprint density at radius 2 is 2.07 bits per heavy atom. The molecule has 2 aromatic heterocycles. The highest BCUT2D eigenvalue weighted by Gasteiger charge is 2.16. The number of amides is 1. The summed E-state index contributed by atoms with van der Waals surface area (Å²) in [4.78, 5) is 40.3. The molecule has 0 fully saturated rings. The molecule has 1 aliphatic heterocycles. The standard InChI is InChI=1S/C18H15N3O5S/c22-16(19-7-11-3-4-14-15(6-11)26-10-25-14)13-8-20-18(24)21(17(13)23)9-12-2-1-5-27-12/h1-6,8H,7,9-10H2,(H,19,22)(H,20,24). The zero-order valence-electron chi connectivity index (χ0n) is 14.1. The fraction of sp³-hybridized carbons (Fsp3) is 0.167. The molecular weight excluding hydrogens is 370 g/mol. The Balaban J connectivity index is 1.52. The van der Waals surface area contributed by atoms with Crippen LogP contribution in [-0.4, -0.2) is 22.3 Å². The second kappa shape index (κ2) is 7.12. The fourth-order valence-corrected chi connectivity index (χ4v) is 3.40. The second-order valence-corrected chi connectivity index (χ2v) is 6.88. The molecule has 138 valence electrons. The van der Waals surface area contributed by atoms with E-state index in [2.05, 4.69) is 10.3 Å². The molecule has 0 saturated carbocycles. The molecule has 0 atom stereocenters. The van der Waals surface area contributed by atoms with Crippen LogP contribution in [0.5, 0.6) is 11.5 Å². The lowest BCUT2D eigenvalue weighted by Crippen LogP contribution is -2.40. The normalized spacial score (nSPS) is 12.1. The summed E-state index contributed by atoms with van der Waals surface area (Å²) in [6.45, 7) is 0.500. The first-order valence-corrected chi connectivity index (χ1v) is 9.01. The zero-order chi connectivity index (χ0) is 18.8. The van der Waals surface area contributed by atoms with Gasteiger partial charge in [-0.1, -0.05) is 12.1 Å². The van der Waals surface area contributed by atoms with Crippen molar-refractivity contribution in [2.45, 2.75) is 13.1 Å². The first kappa shape index (κ1) is 17.1. The minimum Gasteiger partial charge on any atom is -0.454 e. The van der Waals surface area contributed by atoms with E-state index >= 15 is 0 Å². The van der Waals surface area contributed by atoms with E-state index in [-0.39, 0.29) is 25.4 Å². The van der Waals surface area contributed by atoms with Gasteiger partial charge in [-0.05, 0) is 29.1 Å². The SMILES string of the molecule is O=C(NCc1ccc2c(c1)OCO2)c1c[nH]c(=O)n(Cc2cccs2)c1=O. The lowest BCUT2D eigenvalue weighted by Gasteiger charge is -2.08. The van der Waals surface area contributed by atoms with E-state index in [4.69, 9.17) is 9.47 Å². The summed E-state index contributed by atoms with van der Waals surface area (Å²) in [5, 5.41) is 4.54. The molecule has 2 N–H and O–H groups in total. The zero-order valence-corrected chi connectivity index (χ0v) is 14.9. The maximum absolute atomic E-state index is 12.6. The summed E-state index contributed by atoms with van der Waals surface area (Å²) in [6.07, 6.45) is 1.14. The molecule has 0 saturated heterocycles. The fourth-order valence-electron chi connectivity index (χ4n) is 2.70. The van der Waals surface area contributed by atoms with E-state index in [0.29, 0.717) is 11.5 Å². The van der Waals surface area contributed by atoms with Crippen molar-refractivity contribution in [1.29, 1.82) is 0 Å². The third-order valence-corrected chi connectivity index (χ3v) is 4.95. The maximum Gasteiger partial charge on any atom is 0.328 e. The van der Waals surface area contributed by atoms with Gasteiger partial charge >= 0.3 is 5.69 Å². The number of thiophene rings is 1. The van der Waals surface area contributed by atoms with Gasteiger partial charge in [0.05, 0.1) is 6.54 Å². The Morgan fingerprint density at radius 3 is 2.89 bits per heavy atom. The molecule has 3 heterocycles. The van der Waals surface area contributed by atoms with Crippen LogP contribution in [0.2, 0.25) is 0 Å². The Kier molecular flexibility index (Phi) is 4.51. The lowest BCUT2D eigenvalue weighted by atomic mass is 10.2. The van der Waals surface area contributed by atoms with E-state index in [1.807, 2.05) is 17.5 Å². The van der Waals surface area contributed by atoms with E-state index in [1.54, 1.807) is 18.2 Å². The number of rotatable bonds is 5. The maximum atomic E-state index is 12.6. The van der Waals surface area contributed by atoms with Gasteiger partial charge in [0.1, 0.15) is 5.56 Å². The van der Waals surface area contributed by atoms with Gasteiger partial charge in [0.15, 0.2) is 11.5 Å². The molecule has 8 nitrogen and oxygen atoms in total. The number of aromatic amines is 1. The topological polar surface area (TPSA) is 102 Å². The van der Waals surface area contributed by atoms with Crippen LogP contribution in [0.3, 0.4) is 0 Å². The predicted octanol–water partition coefficient (Wildman–Crippen LogP) is 1.31. The summed E-state index contributed by atoms with van der Waals surface area (Å²) in [5.74, 6) is 0.708. The van der Waals surface area contributed by atoms with Gasteiger partial charge in [0, 0.05) is 17.6 Å². The van der Waals surface area contributed by atoms with Crippen molar-refractivity contribution in [3.05, 3.63) is 78.8 Å². The largest absolute Gasteiger partial charge is 0.454 e. The summed E-state index contributed by atoms with van der Waals surface area (Å²) in [5.41, 5.74) is -0.501. The Bertz CT molecular complexity index is 1100. The first-order valence-electron chi connectivity index (χ1n) is 8.13. The molecule has 0 spiro atoms. The second-order valence-electron chi connectivity index (χ2n) is 5.85. The third kappa shape index (κ3) is 3.49. The molecule has 1 aromatic carbocycles. The van der Waals surface area contributed by atoms with Crippen LogP contribution in [0.1, 0.15) is 20.8 Å². The number of aromatic nitrogens is 2. The van der Waals surface area contributed by atoms with Gasteiger partial charge in [-0.2, -0.15) is 0 Å². The van der Waals surface area contributed by atoms with E-state index < -0.39 is 17.2 Å². The number of benzene rings is 1. The monoisotopic (exact) mass is 385 g/mol. The van der Waals surface area contributed by atoms with E-state index in [1.165, 1.54) is 11.3 Å². The molecule has 0 bridgehead atoms. The Hall–Kier alpha value is -3.33. The molecule has 27 heavy (non-hydrogen) atoms. The van der Waals surface area contributed by atoms with Crippen molar-refractivity contribution in [2.24, 2.45) is 0 Å². The number of H-pyrrole nitrogens is 1. The molecule has 0 aliphatic carbocycles. The molecule has 1 aliphatic rings. The van der Waals surface area contributed by atoms with Gasteiger partial charge in [-0.25, -0.2) is 4.79 Å². The van der Waals surface area contributed by atoms with Gasteiger partial charge < -0.3 is 19.8 Å². The van der Waals surface area contributed by atoms with Crippen molar-refractivity contribution in [3.63, 3.8) is 0 Å². The molecular formula is C18H15N3O5S. The van der Waals surface area contributed by atoms with Gasteiger partial charge in [0.2, 0.25) is 6.79 Å². The average molecular weight is 385 g/mol. The van der Waals surface area contributed by atoms with Crippen LogP contribution in [-0.2, 0) is 13.1 Å².